The summed E-state index contributed by atoms with van der Waals surface area (Å²) >= 11 is 4.85. The summed E-state index contributed by atoms with van der Waals surface area (Å²) in [5.41, 5.74) is 8.49. The van der Waals surface area contributed by atoms with Crippen LogP contribution in [-0.4, -0.2) is 13.4 Å². The molecule has 0 aliphatic carbocycles. The maximum Gasteiger partial charge on any atom is 0.261 e. The Morgan fingerprint density at radius 1 is 1.05 bits per heavy atom. The molecule has 4 nitrogen and oxygen atoms in total. The molecule has 0 saturated carbocycles. The maximum absolute atomic E-state index is 12.4. The van der Waals surface area contributed by atoms with Crippen molar-refractivity contribution in [3.05, 3.63) is 59.2 Å². The normalized spacial score (nSPS) is 11.1. The summed E-state index contributed by atoms with van der Waals surface area (Å²) in [6, 6.07) is 11.8. The van der Waals surface area contributed by atoms with E-state index in [0.717, 1.165) is 11.1 Å². The first-order valence-corrected chi connectivity index (χ1v) is 8.19. The van der Waals surface area contributed by atoms with E-state index in [-0.39, 0.29) is 9.88 Å². The lowest BCUT2D eigenvalue weighted by Gasteiger charge is -2.13. The van der Waals surface area contributed by atoms with Crippen molar-refractivity contribution in [3.63, 3.8) is 0 Å². The molecular weight excluding hydrogens is 304 g/mol. The fourth-order valence-electron chi connectivity index (χ4n) is 1.97. The maximum atomic E-state index is 12.4. The summed E-state index contributed by atoms with van der Waals surface area (Å²) in [6.45, 7) is 3.72. The van der Waals surface area contributed by atoms with Gasteiger partial charge in [-0.25, -0.2) is 8.42 Å². The molecular formula is C15H16N2O2S2. The average Bonchev–Trinajstić information content (AvgIpc) is 2.43. The fraction of sp³-hybridized carbons (Fsp3) is 0.133. The van der Waals surface area contributed by atoms with Gasteiger partial charge < -0.3 is 5.73 Å². The molecule has 0 saturated heterocycles. The highest BCUT2D eigenvalue weighted by Crippen LogP contribution is 2.23. The molecule has 21 heavy (non-hydrogen) atoms. The summed E-state index contributed by atoms with van der Waals surface area (Å²) in [5, 5.41) is 0. The Kier molecular flexibility index (Phi) is 4.29. The molecule has 0 unspecified atom stereocenters. The average molecular weight is 320 g/mol. The van der Waals surface area contributed by atoms with Crippen molar-refractivity contribution in [2.75, 3.05) is 4.72 Å². The molecule has 0 atom stereocenters. The van der Waals surface area contributed by atoms with E-state index in [1.807, 2.05) is 32.0 Å². The van der Waals surface area contributed by atoms with Crippen LogP contribution in [0, 0.1) is 13.8 Å². The van der Waals surface area contributed by atoms with Gasteiger partial charge in [0.05, 0.1) is 10.6 Å². The van der Waals surface area contributed by atoms with E-state index in [4.69, 9.17) is 18.0 Å². The number of rotatable bonds is 4. The minimum atomic E-state index is -3.63. The van der Waals surface area contributed by atoms with Gasteiger partial charge in [-0.1, -0.05) is 42.5 Å². The van der Waals surface area contributed by atoms with E-state index >= 15 is 0 Å². The quantitative estimate of drug-likeness (QED) is 0.850. The first-order chi connectivity index (χ1) is 9.81. The number of hydrogen-bond donors (Lipinski definition) is 2. The zero-order valence-corrected chi connectivity index (χ0v) is 13.4. The van der Waals surface area contributed by atoms with Gasteiger partial charge in [0.1, 0.15) is 4.99 Å². The Labute approximate surface area is 130 Å². The molecule has 2 aromatic rings. The summed E-state index contributed by atoms with van der Waals surface area (Å²) in [7, 11) is -3.63. The summed E-state index contributed by atoms with van der Waals surface area (Å²) in [5.74, 6) is 0. The smallest absolute Gasteiger partial charge is 0.261 e. The highest BCUT2D eigenvalue weighted by Gasteiger charge is 2.16. The van der Waals surface area contributed by atoms with Crippen LogP contribution < -0.4 is 10.5 Å². The topological polar surface area (TPSA) is 72.2 Å². The second-order valence-electron chi connectivity index (χ2n) is 4.76. The third kappa shape index (κ3) is 3.40. The molecule has 0 fully saturated rings. The monoisotopic (exact) mass is 320 g/mol. The SMILES string of the molecule is Cc1cccc(C)c1NS(=O)(=O)c1ccc(C(N)=S)cc1. The molecule has 6 heteroatoms. The standard InChI is InChI=1S/C15H16N2O2S2/c1-10-4-3-5-11(2)14(10)17-21(18,19)13-8-6-12(7-9-13)15(16)20/h3-9,17H,1-2H3,(H2,16,20). The molecule has 0 aromatic heterocycles. The molecule has 0 bridgehead atoms. The van der Waals surface area contributed by atoms with E-state index in [1.54, 1.807) is 12.1 Å². The zero-order chi connectivity index (χ0) is 15.6. The lowest BCUT2D eigenvalue weighted by molar-refractivity contribution is 0.601. The Balaban J connectivity index is 2.36. The van der Waals surface area contributed by atoms with Crippen molar-refractivity contribution in [2.24, 2.45) is 5.73 Å². The van der Waals surface area contributed by atoms with E-state index in [1.165, 1.54) is 12.1 Å². The minimum Gasteiger partial charge on any atom is -0.389 e. The third-order valence-corrected chi connectivity index (χ3v) is 4.77. The highest BCUT2D eigenvalue weighted by atomic mass is 32.2. The van der Waals surface area contributed by atoms with Crippen LogP contribution in [0.15, 0.2) is 47.4 Å². The van der Waals surface area contributed by atoms with Crippen molar-refractivity contribution >= 4 is 32.9 Å². The van der Waals surface area contributed by atoms with Crippen LogP contribution >= 0.6 is 12.2 Å². The van der Waals surface area contributed by atoms with Crippen LogP contribution in [0.3, 0.4) is 0 Å². The molecule has 2 aromatic carbocycles. The zero-order valence-electron chi connectivity index (χ0n) is 11.8. The largest absolute Gasteiger partial charge is 0.389 e. The number of thiocarbonyl (C=S) groups is 1. The molecule has 0 spiro atoms. The van der Waals surface area contributed by atoms with Crippen LogP contribution in [0.4, 0.5) is 5.69 Å². The number of nitrogens with one attached hydrogen (secondary N) is 1. The second-order valence-corrected chi connectivity index (χ2v) is 6.88. The molecule has 2 rings (SSSR count). The molecule has 0 radical (unpaired) electrons. The molecule has 0 amide bonds. The Morgan fingerprint density at radius 3 is 2.05 bits per heavy atom. The number of para-hydroxylation sites is 1. The first-order valence-electron chi connectivity index (χ1n) is 6.30. The molecule has 110 valence electrons. The second kappa shape index (κ2) is 5.83. The first kappa shape index (κ1) is 15.5. The summed E-state index contributed by atoms with van der Waals surface area (Å²) in [6.07, 6.45) is 0. The van der Waals surface area contributed by atoms with Gasteiger partial charge in [-0.3, -0.25) is 4.72 Å². The van der Waals surface area contributed by atoms with Gasteiger partial charge in [-0.15, -0.1) is 0 Å². The van der Waals surface area contributed by atoms with Gasteiger partial charge >= 0.3 is 0 Å². The fourth-order valence-corrected chi connectivity index (χ4v) is 3.31. The number of nitrogens with two attached hydrogens (primary N) is 1. The number of aryl methyl sites for hydroxylation is 2. The number of benzene rings is 2. The minimum absolute atomic E-state index is 0.171. The number of hydrogen-bond acceptors (Lipinski definition) is 3. The van der Waals surface area contributed by atoms with Gasteiger partial charge in [-0.2, -0.15) is 0 Å². The van der Waals surface area contributed by atoms with Gasteiger partial charge in [0.25, 0.3) is 10.0 Å². The van der Waals surface area contributed by atoms with E-state index in [0.29, 0.717) is 11.3 Å². The van der Waals surface area contributed by atoms with Crippen LogP contribution in [0.1, 0.15) is 16.7 Å². The Bertz CT molecular complexity index is 762. The van der Waals surface area contributed by atoms with Crippen LogP contribution in [0.2, 0.25) is 0 Å². The van der Waals surface area contributed by atoms with Gasteiger partial charge in [-0.05, 0) is 37.1 Å². The Hall–Kier alpha value is -1.92. The molecule has 0 aliphatic heterocycles. The van der Waals surface area contributed by atoms with Crippen molar-refractivity contribution < 1.29 is 8.42 Å². The predicted molar refractivity (Wildman–Crippen MR) is 89.1 cm³/mol. The molecule has 3 N–H and O–H groups in total. The van der Waals surface area contributed by atoms with Gasteiger partial charge in [0.2, 0.25) is 0 Å². The lowest BCUT2D eigenvalue weighted by atomic mass is 10.1. The van der Waals surface area contributed by atoms with Crippen molar-refractivity contribution in [1.82, 2.24) is 0 Å². The van der Waals surface area contributed by atoms with E-state index in [2.05, 4.69) is 4.72 Å². The Morgan fingerprint density at radius 2 is 1.57 bits per heavy atom. The lowest BCUT2D eigenvalue weighted by Crippen LogP contribution is -2.15. The summed E-state index contributed by atoms with van der Waals surface area (Å²) < 4.78 is 27.5. The van der Waals surface area contributed by atoms with Crippen LogP contribution in [0.5, 0.6) is 0 Å². The van der Waals surface area contributed by atoms with Crippen molar-refractivity contribution in [2.45, 2.75) is 18.7 Å². The highest BCUT2D eigenvalue weighted by molar-refractivity contribution is 7.92. The van der Waals surface area contributed by atoms with E-state index < -0.39 is 10.0 Å². The van der Waals surface area contributed by atoms with Crippen molar-refractivity contribution in [1.29, 1.82) is 0 Å². The third-order valence-electron chi connectivity index (χ3n) is 3.17. The molecule has 0 heterocycles. The van der Waals surface area contributed by atoms with Crippen LogP contribution in [0.25, 0.3) is 0 Å². The van der Waals surface area contributed by atoms with E-state index in [9.17, 15) is 8.42 Å². The van der Waals surface area contributed by atoms with Gasteiger partial charge in [0, 0.05) is 5.56 Å². The van der Waals surface area contributed by atoms with Gasteiger partial charge in [0.15, 0.2) is 0 Å². The van der Waals surface area contributed by atoms with Crippen molar-refractivity contribution in [3.8, 4) is 0 Å². The molecule has 0 aliphatic rings. The number of anilines is 1. The summed E-state index contributed by atoms with van der Waals surface area (Å²) in [4.78, 5) is 0.409. The van der Waals surface area contributed by atoms with Crippen LogP contribution in [-0.2, 0) is 10.0 Å². The number of sulfonamides is 1. The predicted octanol–water partition coefficient (Wildman–Crippen LogP) is 2.74.